The molecule has 2 aliphatic rings. The van der Waals surface area contributed by atoms with Crippen molar-refractivity contribution in [3.05, 3.63) is 0 Å². The molecule has 0 N–H and O–H groups in total. The number of ether oxygens (including phenoxy) is 1. The number of nitrogens with zero attached hydrogens (tertiary/aromatic N) is 1. The summed E-state index contributed by atoms with van der Waals surface area (Å²) < 4.78 is 5.56. The number of likely N-dealkylation sites (tertiary alicyclic amines) is 1. The van der Waals surface area contributed by atoms with Crippen LogP contribution in [-0.2, 0) is 9.53 Å². The fourth-order valence-electron chi connectivity index (χ4n) is 2.92. The average Bonchev–Trinajstić information content (AvgIpc) is 2.89. The van der Waals surface area contributed by atoms with Crippen LogP contribution in [0.4, 0.5) is 0 Å². The van der Waals surface area contributed by atoms with Crippen LogP contribution in [0.2, 0.25) is 0 Å². The second-order valence-electron chi connectivity index (χ2n) is 5.57. The topological polar surface area (TPSA) is 29.5 Å². The Morgan fingerprint density at radius 2 is 2.11 bits per heavy atom. The van der Waals surface area contributed by atoms with E-state index >= 15 is 0 Å². The van der Waals surface area contributed by atoms with Crippen LogP contribution in [0.3, 0.4) is 0 Å². The van der Waals surface area contributed by atoms with Gasteiger partial charge in [0.05, 0.1) is 6.10 Å². The Kier molecular flexibility index (Phi) is 5.49. The lowest BCUT2D eigenvalue weighted by molar-refractivity contribution is -0.133. The second-order valence-corrected chi connectivity index (χ2v) is 7.01. The Morgan fingerprint density at radius 3 is 2.67 bits per heavy atom. The number of amides is 1. The van der Waals surface area contributed by atoms with Crippen LogP contribution in [0.25, 0.3) is 0 Å². The standard InChI is InChI=1S/C14H24BrNO2/c1-11(15)12-6-8-16(9-7-12)14(17)5-4-13-3-2-10-18-13/h11-13H,2-10H2,1H3. The van der Waals surface area contributed by atoms with Crippen LogP contribution in [0.15, 0.2) is 0 Å². The molecule has 0 aromatic rings. The molecule has 2 aliphatic heterocycles. The van der Waals surface area contributed by atoms with Crippen LogP contribution in [0.5, 0.6) is 0 Å². The number of carbonyl (C=O) groups is 1. The van der Waals surface area contributed by atoms with E-state index in [1.807, 2.05) is 4.90 Å². The minimum Gasteiger partial charge on any atom is -0.378 e. The summed E-state index contributed by atoms with van der Waals surface area (Å²) >= 11 is 3.65. The summed E-state index contributed by atoms with van der Waals surface area (Å²) in [5.41, 5.74) is 0. The summed E-state index contributed by atoms with van der Waals surface area (Å²) in [4.78, 5) is 14.7. The maximum absolute atomic E-state index is 12.1. The lowest BCUT2D eigenvalue weighted by Crippen LogP contribution is -2.40. The highest BCUT2D eigenvalue weighted by molar-refractivity contribution is 9.09. The minimum atomic E-state index is 0.325. The molecule has 0 aromatic carbocycles. The number of hydrogen-bond acceptors (Lipinski definition) is 2. The number of carbonyl (C=O) groups excluding carboxylic acids is 1. The molecule has 0 radical (unpaired) electrons. The number of rotatable bonds is 4. The van der Waals surface area contributed by atoms with Gasteiger partial charge < -0.3 is 9.64 Å². The van der Waals surface area contributed by atoms with E-state index in [0.717, 1.165) is 57.7 Å². The number of halogens is 1. The highest BCUT2D eigenvalue weighted by Crippen LogP contribution is 2.25. The molecule has 2 fully saturated rings. The van der Waals surface area contributed by atoms with E-state index in [-0.39, 0.29) is 0 Å². The van der Waals surface area contributed by atoms with Gasteiger partial charge in [0.25, 0.3) is 0 Å². The van der Waals surface area contributed by atoms with Crippen molar-refractivity contribution in [2.24, 2.45) is 5.92 Å². The predicted octanol–water partition coefficient (Wildman–Crippen LogP) is 2.97. The molecule has 1 amide bonds. The molecular weight excluding hydrogens is 294 g/mol. The Balaban J connectivity index is 1.67. The smallest absolute Gasteiger partial charge is 0.222 e. The first kappa shape index (κ1) is 14.3. The predicted molar refractivity (Wildman–Crippen MR) is 75.9 cm³/mol. The van der Waals surface area contributed by atoms with Gasteiger partial charge in [-0.1, -0.05) is 22.9 Å². The van der Waals surface area contributed by atoms with E-state index in [1.165, 1.54) is 0 Å². The van der Waals surface area contributed by atoms with Crippen LogP contribution in [0, 0.1) is 5.92 Å². The Labute approximate surface area is 118 Å². The Morgan fingerprint density at radius 1 is 1.39 bits per heavy atom. The zero-order valence-corrected chi connectivity index (χ0v) is 12.8. The average molecular weight is 318 g/mol. The summed E-state index contributed by atoms with van der Waals surface area (Å²) in [6, 6.07) is 0. The maximum Gasteiger partial charge on any atom is 0.222 e. The van der Waals surface area contributed by atoms with Gasteiger partial charge in [-0.15, -0.1) is 0 Å². The van der Waals surface area contributed by atoms with Gasteiger partial charge in [0.2, 0.25) is 5.91 Å². The first-order valence-electron chi connectivity index (χ1n) is 7.20. The quantitative estimate of drug-likeness (QED) is 0.746. The molecule has 0 spiro atoms. The molecule has 0 bridgehead atoms. The Bertz CT molecular complexity index is 269. The normalized spacial score (nSPS) is 27.4. The van der Waals surface area contributed by atoms with Gasteiger partial charge in [0, 0.05) is 30.9 Å². The third-order valence-corrected chi connectivity index (χ3v) is 4.99. The lowest BCUT2D eigenvalue weighted by Gasteiger charge is -2.33. The van der Waals surface area contributed by atoms with Crippen LogP contribution < -0.4 is 0 Å². The van der Waals surface area contributed by atoms with Crippen molar-refractivity contribution in [3.63, 3.8) is 0 Å². The number of alkyl halides is 1. The van der Waals surface area contributed by atoms with Gasteiger partial charge in [-0.2, -0.15) is 0 Å². The summed E-state index contributed by atoms with van der Waals surface area (Å²) in [6.07, 6.45) is 6.49. The highest BCUT2D eigenvalue weighted by Gasteiger charge is 2.25. The number of piperidine rings is 1. The van der Waals surface area contributed by atoms with Gasteiger partial charge in [0.15, 0.2) is 0 Å². The zero-order chi connectivity index (χ0) is 13.0. The van der Waals surface area contributed by atoms with Crippen LogP contribution in [0.1, 0.15) is 45.4 Å². The van der Waals surface area contributed by atoms with E-state index in [9.17, 15) is 4.79 Å². The van der Waals surface area contributed by atoms with Gasteiger partial charge in [0.1, 0.15) is 0 Å². The minimum absolute atomic E-state index is 0.325. The van der Waals surface area contributed by atoms with Crippen molar-refractivity contribution in [2.45, 2.75) is 56.4 Å². The van der Waals surface area contributed by atoms with E-state index in [4.69, 9.17) is 4.74 Å². The molecule has 2 heterocycles. The van der Waals surface area contributed by atoms with E-state index in [1.54, 1.807) is 0 Å². The first-order chi connectivity index (χ1) is 8.66. The number of hydrogen-bond donors (Lipinski definition) is 0. The summed E-state index contributed by atoms with van der Waals surface area (Å²) in [5, 5.41) is 0. The molecule has 2 unspecified atom stereocenters. The maximum atomic E-state index is 12.1. The second kappa shape index (κ2) is 6.90. The van der Waals surface area contributed by atoms with Gasteiger partial charge in [-0.3, -0.25) is 4.79 Å². The summed E-state index contributed by atoms with van der Waals surface area (Å²) in [7, 11) is 0. The Hall–Kier alpha value is -0.0900. The zero-order valence-electron chi connectivity index (χ0n) is 11.2. The molecular formula is C14H24BrNO2. The van der Waals surface area contributed by atoms with Gasteiger partial charge in [-0.05, 0) is 38.0 Å². The SMILES string of the molecule is CC(Br)C1CCN(C(=O)CCC2CCCO2)CC1. The largest absolute Gasteiger partial charge is 0.378 e. The van der Waals surface area contributed by atoms with Crippen molar-refractivity contribution in [2.75, 3.05) is 19.7 Å². The van der Waals surface area contributed by atoms with Gasteiger partial charge >= 0.3 is 0 Å². The summed E-state index contributed by atoms with van der Waals surface area (Å²) in [6.45, 7) is 4.96. The van der Waals surface area contributed by atoms with E-state index in [2.05, 4.69) is 22.9 Å². The summed E-state index contributed by atoms with van der Waals surface area (Å²) in [5.74, 6) is 1.05. The molecule has 3 nitrogen and oxygen atoms in total. The van der Waals surface area contributed by atoms with E-state index in [0.29, 0.717) is 23.3 Å². The lowest BCUT2D eigenvalue weighted by atomic mass is 9.94. The molecule has 0 aromatic heterocycles. The fraction of sp³-hybridized carbons (Fsp3) is 0.929. The molecule has 4 heteroatoms. The third-order valence-electron chi connectivity index (χ3n) is 4.25. The molecule has 104 valence electrons. The van der Waals surface area contributed by atoms with Crippen molar-refractivity contribution in [1.82, 2.24) is 4.90 Å². The molecule has 0 aliphatic carbocycles. The first-order valence-corrected chi connectivity index (χ1v) is 8.12. The van der Waals surface area contributed by atoms with Crippen molar-refractivity contribution in [1.29, 1.82) is 0 Å². The molecule has 2 saturated heterocycles. The molecule has 2 rings (SSSR count). The molecule has 18 heavy (non-hydrogen) atoms. The third kappa shape index (κ3) is 3.95. The molecule has 0 saturated carbocycles. The highest BCUT2D eigenvalue weighted by atomic mass is 79.9. The fourth-order valence-corrected chi connectivity index (χ4v) is 3.45. The van der Waals surface area contributed by atoms with E-state index < -0.39 is 0 Å². The van der Waals surface area contributed by atoms with Gasteiger partial charge in [-0.25, -0.2) is 0 Å². The molecule has 2 atom stereocenters. The van der Waals surface area contributed by atoms with Crippen molar-refractivity contribution in [3.8, 4) is 0 Å². The monoisotopic (exact) mass is 317 g/mol. The van der Waals surface area contributed by atoms with Crippen LogP contribution in [-0.4, -0.2) is 41.4 Å². The van der Waals surface area contributed by atoms with Crippen molar-refractivity contribution >= 4 is 21.8 Å². The van der Waals surface area contributed by atoms with Crippen molar-refractivity contribution < 1.29 is 9.53 Å². The van der Waals surface area contributed by atoms with Crippen LogP contribution >= 0.6 is 15.9 Å².